The Bertz CT molecular complexity index is 1070. The van der Waals surface area contributed by atoms with Crippen LogP contribution in [0.1, 0.15) is 10.4 Å². The predicted octanol–water partition coefficient (Wildman–Crippen LogP) is 2.99. The van der Waals surface area contributed by atoms with Gasteiger partial charge in [0.2, 0.25) is 0 Å². The zero-order valence-corrected chi connectivity index (χ0v) is 17.5. The largest absolute Gasteiger partial charge is 0.497 e. The molecule has 1 aliphatic heterocycles. The predicted molar refractivity (Wildman–Crippen MR) is 117 cm³/mol. The van der Waals surface area contributed by atoms with Crippen LogP contribution in [0.3, 0.4) is 0 Å². The molecule has 0 atom stereocenters. The van der Waals surface area contributed by atoms with Crippen molar-refractivity contribution in [2.24, 2.45) is 0 Å². The first-order chi connectivity index (χ1) is 14.6. The quantitative estimate of drug-likeness (QED) is 0.475. The van der Waals surface area contributed by atoms with Gasteiger partial charge in [0.1, 0.15) is 17.3 Å². The number of benzene rings is 2. The Kier molecular flexibility index (Phi) is 5.91. The van der Waals surface area contributed by atoms with E-state index in [2.05, 4.69) is 4.90 Å². The average molecular weight is 426 g/mol. The Morgan fingerprint density at radius 1 is 1.10 bits per heavy atom. The molecule has 30 heavy (non-hydrogen) atoms. The highest BCUT2D eigenvalue weighted by molar-refractivity contribution is 7.99. The number of nitrogens with one attached hydrogen (secondary N) is 1. The SMILES string of the molecule is COc1cc(OC)c2c(N3CCSCC3)nc(-c3ccc(C(=O)NO)cc3)nc2c1. The third-order valence-electron chi connectivity index (χ3n) is 4.99. The second-order valence-electron chi connectivity index (χ2n) is 6.71. The van der Waals surface area contributed by atoms with E-state index in [1.54, 1.807) is 44.0 Å². The van der Waals surface area contributed by atoms with Crippen molar-refractivity contribution in [3.8, 4) is 22.9 Å². The van der Waals surface area contributed by atoms with Gasteiger partial charge in [0.15, 0.2) is 5.82 Å². The van der Waals surface area contributed by atoms with Crippen LogP contribution in [0.25, 0.3) is 22.3 Å². The van der Waals surface area contributed by atoms with Gasteiger partial charge in [-0.2, -0.15) is 11.8 Å². The molecule has 1 fully saturated rings. The van der Waals surface area contributed by atoms with E-state index >= 15 is 0 Å². The number of amides is 1. The Hall–Kier alpha value is -3.04. The monoisotopic (exact) mass is 426 g/mol. The number of carbonyl (C=O) groups is 1. The smallest absolute Gasteiger partial charge is 0.274 e. The Balaban J connectivity index is 1.89. The summed E-state index contributed by atoms with van der Waals surface area (Å²) in [5.41, 5.74) is 3.47. The average Bonchev–Trinajstić information content (AvgIpc) is 2.82. The van der Waals surface area contributed by atoms with E-state index < -0.39 is 5.91 Å². The molecule has 1 aliphatic rings. The summed E-state index contributed by atoms with van der Waals surface area (Å²) in [6, 6.07) is 10.5. The van der Waals surface area contributed by atoms with Crippen LogP contribution in [0.4, 0.5) is 5.82 Å². The summed E-state index contributed by atoms with van der Waals surface area (Å²) in [5, 5.41) is 9.67. The molecule has 2 aromatic carbocycles. The summed E-state index contributed by atoms with van der Waals surface area (Å²) in [5.74, 6) is 4.18. The minimum atomic E-state index is -0.568. The van der Waals surface area contributed by atoms with Crippen molar-refractivity contribution in [2.75, 3.05) is 43.7 Å². The number of hydrogen-bond acceptors (Lipinski definition) is 8. The molecular formula is C21H22N4O4S. The van der Waals surface area contributed by atoms with Crippen LogP contribution >= 0.6 is 11.8 Å². The molecule has 0 spiro atoms. The summed E-state index contributed by atoms with van der Waals surface area (Å²) in [6.07, 6.45) is 0. The van der Waals surface area contributed by atoms with Crippen LogP contribution in [0.15, 0.2) is 36.4 Å². The van der Waals surface area contributed by atoms with Gasteiger partial charge in [0.05, 0.1) is 25.1 Å². The zero-order chi connectivity index (χ0) is 21.1. The number of rotatable bonds is 5. The molecule has 1 aromatic heterocycles. The van der Waals surface area contributed by atoms with Crippen molar-refractivity contribution in [1.29, 1.82) is 0 Å². The third-order valence-corrected chi connectivity index (χ3v) is 5.93. The number of nitrogens with zero attached hydrogens (tertiary/aromatic N) is 3. The third kappa shape index (κ3) is 3.86. The molecule has 0 unspecified atom stereocenters. The molecule has 2 heterocycles. The molecule has 3 aromatic rings. The van der Waals surface area contributed by atoms with E-state index in [1.165, 1.54) is 0 Å². The standard InChI is InChI=1S/C21H22N4O4S/c1-28-15-11-16-18(17(12-15)29-2)20(25-7-9-30-10-8-25)23-19(22-16)13-3-5-14(6-4-13)21(26)24-27/h3-6,11-12,27H,7-10H2,1-2H3,(H,24,26). The second-order valence-corrected chi connectivity index (χ2v) is 7.94. The maximum atomic E-state index is 11.6. The number of carbonyl (C=O) groups excluding carboxylic acids is 1. The summed E-state index contributed by atoms with van der Waals surface area (Å²) in [4.78, 5) is 23.5. The first-order valence-electron chi connectivity index (χ1n) is 9.46. The number of thioether (sulfide) groups is 1. The van der Waals surface area contributed by atoms with Crippen molar-refractivity contribution >= 4 is 34.4 Å². The zero-order valence-electron chi connectivity index (χ0n) is 16.7. The number of hydrogen-bond donors (Lipinski definition) is 2. The van der Waals surface area contributed by atoms with Gasteiger partial charge in [-0.05, 0) is 12.1 Å². The lowest BCUT2D eigenvalue weighted by Gasteiger charge is -2.29. The van der Waals surface area contributed by atoms with E-state index in [1.807, 2.05) is 23.9 Å². The molecule has 0 bridgehead atoms. The minimum Gasteiger partial charge on any atom is -0.497 e. The Morgan fingerprint density at radius 3 is 2.47 bits per heavy atom. The van der Waals surface area contributed by atoms with Gasteiger partial charge < -0.3 is 14.4 Å². The number of hydroxylamine groups is 1. The van der Waals surface area contributed by atoms with Gasteiger partial charge in [-0.15, -0.1) is 0 Å². The number of anilines is 1. The maximum Gasteiger partial charge on any atom is 0.274 e. The molecule has 0 radical (unpaired) electrons. The highest BCUT2D eigenvalue weighted by Crippen LogP contribution is 2.38. The highest BCUT2D eigenvalue weighted by Gasteiger charge is 2.21. The molecule has 2 N–H and O–H groups in total. The summed E-state index contributed by atoms with van der Waals surface area (Å²) >= 11 is 1.93. The molecule has 4 rings (SSSR count). The van der Waals surface area contributed by atoms with Crippen LogP contribution in [0, 0.1) is 0 Å². The lowest BCUT2D eigenvalue weighted by atomic mass is 10.1. The van der Waals surface area contributed by atoms with Gasteiger partial charge in [-0.3, -0.25) is 10.0 Å². The van der Waals surface area contributed by atoms with Crippen molar-refractivity contribution < 1.29 is 19.5 Å². The fourth-order valence-corrected chi connectivity index (χ4v) is 4.33. The van der Waals surface area contributed by atoms with Crippen LogP contribution in [0.5, 0.6) is 11.5 Å². The van der Waals surface area contributed by atoms with E-state index in [0.717, 1.165) is 46.9 Å². The Labute approximate surface area is 178 Å². The molecule has 0 aliphatic carbocycles. The first kappa shape index (κ1) is 20.2. The summed E-state index contributed by atoms with van der Waals surface area (Å²) in [6.45, 7) is 1.78. The molecule has 8 nitrogen and oxygen atoms in total. The summed E-state index contributed by atoms with van der Waals surface area (Å²) < 4.78 is 11.1. The van der Waals surface area contributed by atoms with E-state index in [0.29, 0.717) is 22.9 Å². The molecular weight excluding hydrogens is 404 g/mol. The lowest BCUT2D eigenvalue weighted by molar-refractivity contribution is 0.0706. The Morgan fingerprint density at radius 2 is 1.83 bits per heavy atom. The number of methoxy groups -OCH3 is 2. The molecule has 0 saturated carbocycles. The first-order valence-corrected chi connectivity index (χ1v) is 10.6. The van der Waals surface area contributed by atoms with E-state index in [9.17, 15) is 4.79 Å². The second kappa shape index (κ2) is 8.76. The van der Waals surface area contributed by atoms with Crippen LogP contribution in [-0.2, 0) is 0 Å². The fourth-order valence-electron chi connectivity index (χ4n) is 3.43. The molecule has 1 saturated heterocycles. The molecule has 1 amide bonds. The van der Waals surface area contributed by atoms with Crippen LogP contribution < -0.4 is 19.9 Å². The lowest BCUT2D eigenvalue weighted by Crippen LogP contribution is -2.33. The number of ether oxygens (including phenoxy) is 2. The maximum absolute atomic E-state index is 11.6. The van der Waals surface area contributed by atoms with Gasteiger partial charge in [-0.1, -0.05) is 12.1 Å². The topological polar surface area (TPSA) is 96.8 Å². The van der Waals surface area contributed by atoms with E-state index in [-0.39, 0.29) is 0 Å². The molecule has 156 valence electrons. The minimum absolute atomic E-state index is 0.346. The van der Waals surface area contributed by atoms with Crippen LogP contribution in [0.2, 0.25) is 0 Å². The van der Waals surface area contributed by atoms with Crippen molar-refractivity contribution in [1.82, 2.24) is 15.4 Å². The molecule has 9 heteroatoms. The van der Waals surface area contributed by atoms with Crippen LogP contribution in [-0.4, -0.2) is 59.9 Å². The van der Waals surface area contributed by atoms with Gasteiger partial charge in [0.25, 0.3) is 5.91 Å². The van der Waals surface area contributed by atoms with Crippen molar-refractivity contribution in [2.45, 2.75) is 0 Å². The van der Waals surface area contributed by atoms with Crippen molar-refractivity contribution in [3.05, 3.63) is 42.0 Å². The summed E-state index contributed by atoms with van der Waals surface area (Å²) in [7, 11) is 3.24. The van der Waals surface area contributed by atoms with Gasteiger partial charge in [-0.25, -0.2) is 15.4 Å². The fraction of sp³-hybridized carbons (Fsp3) is 0.286. The number of fused-ring (bicyclic) bond motifs is 1. The normalized spacial score (nSPS) is 13.9. The highest BCUT2D eigenvalue weighted by atomic mass is 32.2. The number of aromatic nitrogens is 2. The van der Waals surface area contributed by atoms with Gasteiger partial charge in [0, 0.05) is 47.9 Å². The van der Waals surface area contributed by atoms with Crippen molar-refractivity contribution in [3.63, 3.8) is 0 Å². The van der Waals surface area contributed by atoms with E-state index in [4.69, 9.17) is 24.6 Å². The van der Waals surface area contributed by atoms with Gasteiger partial charge >= 0.3 is 0 Å².